The standard InChI is InChI=1S/C21H23N5O2/c1-28-18-10-6-5-9-17(18)19-20(22-15-27)21(24-23-19)26-13-11-25(12-14-26)16-7-3-2-4-8-16/h2-10,15H,11-14H2,1H3,(H,22,27)(H,23,24). The van der Waals surface area contributed by atoms with E-state index < -0.39 is 0 Å². The predicted octanol–water partition coefficient (Wildman–Crippen LogP) is 2.98. The molecule has 3 aromatic rings. The van der Waals surface area contributed by atoms with Gasteiger partial charge in [-0.3, -0.25) is 9.89 Å². The highest BCUT2D eigenvalue weighted by Gasteiger charge is 2.25. The van der Waals surface area contributed by atoms with Crippen LogP contribution in [-0.4, -0.2) is 49.9 Å². The molecule has 1 saturated heterocycles. The van der Waals surface area contributed by atoms with Gasteiger partial charge in [0.15, 0.2) is 5.82 Å². The Balaban J connectivity index is 1.59. The number of nitrogens with zero attached hydrogens (tertiary/aromatic N) is 3. The topological polar surface area (TPSA) is 73.5 Å². The summed E-state index contributed by atoms with van der Waals surface area (Å²) in [6.07, 6.45) is 0.688. The van der Waals surface area contributed by atoms with Crippen LogP contribution >= 0.6 is 0 Å². The van der Waals surface area contributed by atoms with Crippen molar-refractivity contribution in [1.29, 1.82) is 0 Å². The number of rotatable bonds is 6. The summed E-state index contributed by atoms with van der Waals surface area (Å²) in [4.78, 5) is 15.8. The van der Waals surface area contributed by atoms with Crippen LogP contribution in [0.4, 0.5) is 17.2 Å². The largest absolute Gasteiger partial charge is 0.496 e. The summed E-state index contributed by atoms with van der Waals surface area (Å²) in [5.41, 5.74) is 3.50. The zero-order valence-electron chi connectivity index (χ0n) is 15.8. The van der Waals surface area contributed by atoms with Crippen molar-refractivity contribution in [2.75, 3.05) is 48.4 Å². The smallest absolute Gasteiger partial charge is 0.211 e. The second kappa shape index (κ2) is 8.04. The number of benzene rings is 2. The van der Waals surface area contributed by atoms with Crippen molar-refractivity contribution in [2.45, 2.75) is 0 Å². The SMILES string of the molecule is COc1ccccc1-c1[nH]nc(N2CCN(c3ccccc3)CC2)c1NC=O. The van der Waals surface area contributed by atoms with Gasteiger partial charge in [0.05, 0.1) is 12.8 Å². The molecule has 0 saturated carbocycles. The summed E-state index contributed by atoms with van der Waals surface area (Å²) >= 11 is 0. The molecule has 0 atom stereocenters. The summed E-state index contributed by atoms with van der Waals surface area (Å²) in [5, 5.41) is 10.4. The first-order valence-electron chi connectivity index (χ1n) is 9.28. The number of para-hydroxylation sites is 2. The maximum atomic E-state index is 11.3. The van der Waals surface area contributed by atoms with Crippen molar-refractivity contribution in [3.05, 3.63) is 54.6 Å². The van der Waals surface area contributed by atoms with Crippen molar-refractivity contribution in [3.8, 4) is 17.0 Å². The van der Waals surface area contributed by atoms with Crippen LogP contribution in [0.25, 0.3) is 11.3 Å². The number of ether oxygens (including phenoxy) is 1. The second-order valence-corrected chi connectivity index (χ2v) is 6.57. The molecule has 0 spiro atoms. The lowest BCUT2D eigenvalue weighted by Gasteiger charge is -2.36. The molecule has 1 aliphatic heterocycles. The summed E-state index contributed by atoms with van der Waals surface area (Å²) in [5.74, 6) is 1.47. The highest BCUT2D eigenvalue weighted by Crippen LogP contribution is 2.38. The van der Waals surface area contributed by atoms with Gasteiger partial charge in [0.25, 0.3) is 0 Å². The molecule has 144 valence electrons. The highest BCUT2D eigenvalue weighted by molar-refractivity contribution is 5.92. The Hall–Kier alpha value is -3.48. The predicted molar refractivity (Wildman–Crippen MR) is 111 cm³/mol. The van der Waals surface area contributed by atoms with Gasteiger partial charge in [0.2, 0.25) is 6.41 Å². The average molecular weight is 377 g/mol. The third-order valence-electron chi connectivity index (χ3n) is 5.03. The van der Waals surface area contributed by atoms with Gasteiger partial charge in [0.1, 0.15) is 11.4 Å². The number of aromatic amines is 1. The number of aromatic nitrogens is 2. The lowest BCUT2D eigenvalue weighted by atomic mass is 10.1. The molecule has 2 N–H and O–H groups in total. The van der Waals surface area contributed by atoms with Crippen LogP contribution in [0.2, 0.25) is 0 Å². The molecule has 7 nitrogen and oxygen atoms in total. The second-order valence-electron chi connectivity index (χ2n) is 6.57. The molecular formula is C21H23N5O2. The molecule has 2 heterocycles. The number of amides is 1. The Morgan fingerprint density at radius 1 is 1.00 bits per heavy atom. The first-order chi connectivity index (χ1) is 13.8. The Labute approximate surface area is 163 Å². The van der Waals surface area contributed by atoms with E-state index in [1.165, 1.54) is 5.69 Å². The van der Waals surface area contributed by atoms with Crippen molar-refractivity contribution in [1.82, 2.24) is 10.2 Å². The third kappa shape index (κ3) is 3.38. The number of anilines is 3. The minimum Gasteiger partial charge on any atom is -0.496 e. The van der Waals surface area contributed by atoms with Gasteiger partial charge < -0.3 is 19.9 Å². The highest BCUT2D eigenvalue weighted by atomic mass is 16.5. The van der Waals surface area contributed by atoms with E-state index in [2.05, 4.69) is 49.6 Å². The molecule has 2 aromatic carbocycles. The first-order valence-corrected chi connectivity index (χ1v) is 9.28. The lowest BCUT2D eigenvalue weighted by Crippen LogP contribution is -2.46. The maximum Gasteiger partial charge on any atom is 0.211 e. The molecule has 1 aliphatic rings. The number of methoxy groups -OCH3 is 1. The molecule has 1 amide bonds. The fourth-order valence-corrected chi connectivity index (χ4v) is 3.62. The van der Waals surface area contributed by atoms with E-state index in [9.17, 15) is 4.79 Å². The van der Waals surface area contributed by atoms with Crippen LogP contribution in [0, 0.1) is 0 Å². The molecule has 1 fully saturated rings. The summed E-state index contributed by atoms with van der Waals surface area (Å²) in [6, 6.07) is 18.1. The fourth-order valence-electron chi connectivity index (χ4n) is 3.62. The van der Waals surface area contributed by atoms with Gasteiger partial charge >= 0.3 is 0 Å². The van der Waals surface area contributed by atoms with Gasteiger partial charge in [0, 0.05) is 37.4 Å². The van der Waals surface area contributed by atoms with Crippen LogP contribution in [0.3, 0.4) is 0 Å². The van der Waals surface area contributed by atoms with Crippen LogP contribution in [0.1, 0.15) is 0 Å². The molecule has 28 heavy (non-hydrogen) atoms. The maximum absolute atomic E-state index is 11.3. The first kappa shape index (κ1) is 17.9. The van der Waals surface area contributed by atoms with Gasteiger partial charge in [-0.25, -0.2) is 0 Å². The molecule has 0 bridgehead atoms. The summed E-state index contributed by atoms with van der Waals surface area (Å²) < 4.78 is 5.47. The number of nitrogens with one attached hydrogen (secondary N) is 2. The van der Waals surface area contributed by atoms with Crippen LogP contribution < -0.4 is 19.9 Å². The average Bonchev–Trinajstić information content (AvgIpc) is 3.18. The minimum atomic E-state index is 0.674. The van der Waals surface area contributed by atoms with E-state index in [1.807, 2.05) is 30.3 Å². The summed E-state index contributed by atoms with van der Waals surface area (Å²) in [6.45, 7) is 3.42. The van der Waals surface area contributed by atoms with E-state index in [0.717, 1.165) is 49.0 Å². The van der Waals surface area contributed by atoms with E-state index in [0.29, 0.717) is 12.1 Å². The molecule has 7 heteroatoms. The summed E-state index contributed by atoms with van der Waals surface area (Å²) in [7, 11) is 1.63. The van der Waals surface area contributed by atoms with Crippen molar-refractivity contribution in [3.63, 3.8) is 0 Å². The van der Waals surface area contributed by atoms with Gasteiger partial charge in [-0.05, 0) is 24.3 Å². The molecule has 1 aromatic heterocycles. The van der Waals surface area contributed by atoms with Gasteiger partial charge in [-0.1, -0.05) is 30.3 Å². The Morgan fingerprint density at radius 3 is 2.39 bits per heavy atom. The monoisotopic (exact) mass is 377 g/mol. The number of piperazine rings is 1. The van der Waals surface area contributed by atoms with Crippen LogP contribution in [-0.2, 0) is 4.79 Å². The van der Waals surface area contributed by atoms with E-state index in [-0.39, 0.29) is 0 Å². The van der Waals surface area contributed by atoms with Crippen LogP contribution in [0.15, 0.2) is 54.6 Å². The Kier molecular flexibility index (Phi) is 5.14. The Bertz CT molecular complexity index is 933. The normalized spacial score (nSPS) is 14.0. The quantitative estimate of drug-likeness (QED) is 0.646. The number of carbonyl (C=O) groups excluding carboxylic acids is 1. The van der Waals surface area contributed by atoms with Crippen molar-refractivity contribution in [2.24, 2.45) is 0 Å². The van der Waals surface area contributed by atoms with E-state index in [1.54, 1.807) is 7.11 Å². The number of H-pyrrole nitrogens is 1. The van der Waals surface area contributed by atoms with E-state index >= 15 is 0 Å². The zero-order valence-corrected chi connectivity index (χ0v) is 15.8. The van der Waals surface area contributed by atoms with Crippen LogP contribution in [0.5, 0.6) is 5.75 Å². The molecule has 4 rings (SSSR count). The molecule has 0 radical (unpaired) electrons. The van der Waals surface area contributed by atoms with Crippen molar-refractivity contribution < 1.29 is 9.53 Å². The number of carbonyl (C=O) groups is 1. The molecular weight excluding hydrogens is 354 g/mol. The lowest BCUT2D eigenvalue weighted by molar-refractivity contribution is -0.105. The number of hydrogen-bond acceptors (Lipinski definition) is 5. The van der Waals surface area contributed by atoms with Gasteiger partial charge in [-0.15, -0.1) is 0 Å². The van der Waals surface area contributed by atoms with Crippen molar-refractivity contribution >= 4 is 23.6 Å². The Morgan fingerprint density at radius 2 is 1.68 bits per heavy atom. The molecule has 0 unspecified atom stereocenters. The molecule has 0 aliphatic carbocycles. The van der Waals surface area contributed by atoms with E-state index in [4.69, 9.17) is 4.74 Å². The third-order valence-corrected chi connectivity index (χ3v) is 5.03. The van der Waals surface area contributed by atoms with Gasteiger partial charge in [-0.2, -0.15) is 5.10 Å². The fraction of sp³-hybridized carbons (Fsp3) is 0.238. The minimum absolute atomic E-state index is 0.674. The number of hydrogen-bond donors (Lipinski definition) is 2. The zero-order chi connectivity index (χ0) is 19.3.